The lowest BCUT2D eigenvalue weighted by atomic mass is 10.1. The number of likely N-dealkylation sites (tertiary alicyclic amines) is 1. The van der Waals surface area contributed by atoms with Gasteiger partial charge in [0.1, 0.15) is 11.5 Å². The summed E-state index contributed by atoms with van der Waals surface area (Å²) < 4.78 is 56.7. The van der Waals surface area contributed by atoms with Gasteiger partial charge in [0.25, 0.3) is 17.7 Å². The van der Waals surface area contributed by atoms with E-state index in [0.717, 1.165) is 62.6 Å². The average Bonchev–Trinajstić information content (AvgIpc) is 3.40. The number of benzene rings is 2. The fourth-order valence-corrected chi connectivity index (χ4v) is 4.46. The summed E-state index contributed by atoms with van der Waals surface area (Å²) in [5.74, 6) is -3.92. The molecular formula is C26H25ClF4N6O4. The van der Waals surface area contributed by atoms with E-state index in [2.05, 4.69) is 35.6 Å². The second-order valence-corrected chi connectivity index (χ2v) is 9.48. The van der Waals surface area contributed by atoms with Crippen LogP contribution in [-0.2, 0) is 0 Å². The minimum Gasteiger partial charge on any atom is -0.403 e. The Morgan fingerprint density at radius 2 is 1.76 bits per heavy atom. The quantitative estimate of drug-likeness (QED) is 0.262. The first-order valence-corrected chi connectivity index (χ1v) is 12.9. The summed E-state index contributed by atoms with van der Waals surface area (Å²) in [6.07, 6.45) is -0.611. The van der Waals surface area contributed by atoms with Crippen molar-refractivity contribution in [3.8, 4) is 5.75 Å². The summed E-state index contributed by atoms with van der Waals surface area (Å²) in [5.41, 5.74) is -1.13. The molecule has 15 heteroatoms. The molecule has 3 amide bonds. The molecule has 3 aromatic rings. The molecule has 1 saturated heterocycles. The number of H-pyrrole nitrogens is 1. The van der Waals surface area contributed by atoms with Crippen molar-refractivity contribution in [3.63, 3.8) is 0 Å². The smallest absolute Gasteiger partial charge is 0.403 e. The van der Waals surface area contributed by atoms with Crippen molar-refractivity contribution in [1.82, 2.24) is 20.2 Å². The van der Waals surface area contributed by atoms with Crippen LogP contribution < -0.4 is 20.7 Å². The van der Waals surface area contributed by atoms with Crippen molar-refractivity contribution < 1.29 is 36.7 Å². The second-order valence-electron chi connectivity index (χ2n) is 9.08. The molecule has 2 heterocycles. The van der Waals surface area contributed by atoms with E-state index in [9.17, 15) is 31.9 Å². The zero-order valence-electron chi connectivity index (χ0n) is 21.4. The van der Waals surface area contributed by atoms with Gasteiger partial charge in [-0.3, -0.25) is 14.4 Å². The normalized spacial score (nSPS) is 13.9. The van der Waals surface area contributed by atoms with E-state index in [4.69, 9.17) is 11.6 Å². The predicted octanol–water partition coefficient (Wildman–Crippen LogP) is 4.82. The molecule has 1 aliphatic rings. The van der Waals surface area contributed by atoms with Gasteiger partial charge >= 0.3 is 6.36 Å². The number of piperidine rings is 1. The van der Waals surface area contributed by atoms with Crippen LogP contribution in [0.3, 0.4) is 0 Å². The summed E-state index contributed by atoms with van der Waals surface area (Å²) in [6, 6.07) is 6.00. The summed E-state index contributed by atoms with van der Waals surface area (Å²) in [4.78, 5) is 46.8. The van der Waals surface area contributed by atoms with Crippen molar-refractivity contribution in [2.75, 3.05) is 36.8 Å². The number of amides is 3. The van der Waals surface area contributed by atoms with Crippen LogP contribution in [0.25, 0.3) is 0 Å². The van der Waals surface area contributed by atoms with Crippen LogP contribution in [0.15, 0.2) is 42.7 Å². The van der Waals surface area contributed by atoms with E-state index in [1.807, 2.05) is 0 Å². The predicted molar refractivity (Wildman–Crippen MR) is 142 cm³/mol. The molecule has 2 aromatic carbocycles. The monoisotopic (exact) mass is 596 g/mol. The molecule has 1 fully saturated rings. The van der Waals surface area contributed by atoms with Gasteiger partial charge < -0.3 is 30.6 Å². The summed E-state index contributed by atoms with van der Waals surface area (Å²) in [5, 5.41) is 7.07. The number of hydrogen-bond donors (Lipinski definition) is 4. The lowest BCUT2D eigenvalue weighted by Gasteiger charge is -2.26. The van der Waals surface area contributed by atoms with Crippen molar-refractivity contribution in [3.05, 3.63) is 70.5 Å². The number of aromatic amines is 1. The first-order valence-electron chi connectivity index (χ1n) is 12.5. The fourth-order valence-electron chi connectivity index (χ4n) is 4.20. The molecule has 1 aromatic heterocycles. The lowest BCUT2D eigenvalue weighted by Crippen LogP contribution is -2.38. The van der Waals surface area contributed by atoms with Crippen LogP contribution in [0.2, 0.25) is 5.02 Å². The highest BCUT2D eigenvalue weighted by Gasteiger charge is 2.33. The number of carbonyl (C=O) groups excluding carboxylic acids is 3. The number of rotatable bonds is 9. The van der Waals surface area contributed by atoms with Crippen LogP contribution in [-0.4, -0.2) is 65.1 Å². The Morgan fingerprint density at radius 1 is 1.00 bits per heavy atom. The highest BCUT2D eigenvalue weighted by Crippen LogP contribution is 2.34. The zero-order valence-corrected chi connectivity index (χ0v) is 22.2. The van der Waals surface area contributed by atoms with Crippen LogP contribution in [0.5, 0.6) is 5.75 Å². The molecule has 0 unspecified atom stereocenters. The lowest BCUT2D eigenvalue weighted by molar-refractivity contribution is -0.274. The third kappa shape index (κ3) is 8.17. The molecule has 218 valence electrons. The molecule has 0 bridgehead atoms. The molecule has 4 N–H and O–H groups in total. The van der Waals surface area contributed by atoms with Gasteiger partial charge in [-0.05, 0) is 56.3 Å². The van der Waals surface area contributed by atoms with Gasteiger partial charge in [0.2, 0.25) is 0 Å². The molecule has 1 aliphatic heterocycles. The standard InChI is InChI=1S/C26H25ClF4N6O4/c27-18-12-15(28)4-6-17(18)23(38)36-19-7-5-16(13-20(19)41-26(29,30)31)35-25(40)22-21(33-14-34-22)24(39)32-8-11-37-9-2-1-3-10-37/h4-7,12-14H,1-3,8-11H2,(H,32,39)(H,33,34)(H,35,40)(H,36,38). The Balaban J connectivity index is 1.45. The van der Waals surface area contributed by atoms with Crippen molar-refractivity contribution in [2.24, 2.45) is 0 Å². The molecule has 0 saturated carbocycles. The van der Waals surface area contributed by atoms with Crippen LogP contribution in [0, 0.1) is 5.82 Å². The highest BCUT2D eigenvalue weighted by molar-refractivity contribution is 6.34. The van der Waals surface area contributed by atoms with Crippen LogP contribution in [0.4, 0.5) is 28.9 Å². The second kappa shape index (κ2) is 13.0. The Kier molecular flexibility index (Phi) is 9.45. The van der Waals surface area contributed by atoms with Crippen LogP contribution >= 0.6 is 11.6 Å². The molecule has 10 nitrogen and oxygen atoms in total. The maximum absolute atomic E-state index is 13.3. The number of hydrogen-bond acceptors (Lipinski definition) is 6. The van der Waals surface area contributed by atoms with Gasteiger partial charge in [-0.1, -0.05) is 18.0 Å². The van der Waals surface area contributed by atoms with E-state index in [-0.39, 0.29) is 27.7 Å². The molecule has 0 spiro atoms. The number of nitrogens with zero attached hydrogens (tertiary/aromatic N) is 2. The van der Waals surface area contributed by atoms with E-state index >= 15 is 0 Å². The number of anilines is 2. The maximum Gasteiger partial charge on any atom is 0.573 e. The van der Waals surface area contributed by atoms with Gasteiger partial charge in [0, 0.05) is 24.8 Å². The molecule has 41 heavy (non-hydrogen) atoms. The maximum atomic E-state index is 13.3. The number of halogens is 5. The Morgan fingerprint density at radius 3 is 2.46 bits per heavy atom. The topological polar surface area (TPSA) is 128 Å². The summed E-state index contributed by atoms with van der Waals surface area (Å²) in [6.45, 7) is 2.92. The number of carbonyl (C=O) groups is 3. The number of imidazole rings is 1. The third-order valence-electron chi connectivity index (χ3n) is 6.13. The third-order valence-corrected chi connectivity index (χ3v) is 6.45. The van der Waals surface area contributed by atoms with E-state index in [0.29, 0.717) is 13.1 Å². The van der Waals surface area contributed by atoms with Crippen LogP contribution in [0.1, 0.15) is 50.6 Å². The number of ether oxygens (including phenoxy) is 1. The first-order chi connectivity index (χ1) is 19.5. The fraction of sp³-hybridized carbons (Fsp3) is 0.308. The average molecular weight is 597 g/mol. The Hall–Kier alpha value is -4.17. The molecule has 0 atom stereocenters. The molecule has 0 radical (unpaired) electrons. The Bertz CT molecular complexity index is 1430. The van der Waals surface area contributed by atoms with Gasteiger partial charge in [-0.15, -0.1) is 13.2 Å². The van der Waals surface area contributed by atoms with Crippen molar-refractivity contribution >= 4 is 40.7 Å². The first kappa shape index (κ1) is 29.8. The number of nitrogens with one attached hydrogen (secondary N) is 4. The summed E-state index contributed by atoms with van der Waals surface area (Å²) >= 11 is 5.87. The number of aromatic nitrogens is 2. The van der Waals surface area contributed by atoms with Crippen molar-refractivity contribution in [2.45, 2.75) is 25.6 Å². The Labute approximate surface area is 236 Å². The molecule has 4 rings (SSSR count). The highest BCUT2D eigenvalue weighted by atomic mass is 35.5. The van der Waals surface area contributed by atoms with E-state index < -0.39 is 41.3 Å². The minimum absolute atomic E-state index is 0.118. The molecule has 0 aliphatic carbocycles. The molecular weight excluding hydrogens is 572 g/mol. The zero-order chi connectivity index (χ0) is 29.6. The van der Waals surface area contributed by atoms with Gasteiger partial charge in [-0.2, -0.15) is 0 Å². The largest absolute Gasteiger partial charge is 0.573 e. The van der Waals surface area contributed by atoms with Gasteiger partial charge in [-0.25, -0.2) is 9.37 Å². The number of alkyl halides is 3. The van der Waals surface area contributed by atoms with E-state index in [1.54, 1.807) is 0 Å². The van der Waals surface area contributed by atoms with Gasteiger partial charge in [0.15, 0.2) is 11.4 Å². The summed E-state index contributed by atoms with van der Waals surface area (Å²) in [7, 11) is 0. The SMILES string of the molecule is O=C(Nc1ccc(NC(=O)c2nc[nH]c2C(=O)NCCN2CCCCC2)cc1OC(F)(F)F)c1ccc(F)cc1Cl. The van der Waals surface area contributed by atoms with Gasteiger partial charge in [0.05, 0.1) is 22.6 Å². The minimum atomic E-state index is -5.14. The van der Waals surface area contributed by atoms with Crippen molar-refractivity contribution in [1.29, 1.82) is 0 Å². The van der Waals surface area contributed by atoms with E-state index in [1.165, 1.54) is 12.5 Å².